The summed E-state index contributed by atoms with van der Waals surface area (Å²) in [5, 5.41) is 23.7. The first kappa shape index (κ1) is 16.0. The molecule has 0 fully saturated rings. The Kier molecular flexibility index (Phi) is 3.97. The number of pyridine rings is 1. The van der Waals surface area contributed by atoms with Crippen molar-refractivity contribution in [1.29, 1.82) is 0 Å². The molecule has 4 aromatic rings. The van der Waals surface area contributed by atoms with E-state index in [0.717, 1.165) is 11.8 Å². The maximum atomic E-state index is 11.5. The van der Waals surface area contributed by atoms with Crippen LogP contribution in [0.3, 0.4) is 0 Å². The zero-order chi connectivity index (χ0) is 18.1. The zero-order valence-corrected chi connectivity index (χ0v) is 14.2. The van der Waals surface area contributed by atoms with E-state index in [9.17, 15) is 10.1 Å². The van der Waals surface area contributed by atoms with Gasteiger partial charge in [-0.15, -0.1) is 5.10 Å². The summed E-state index contributed by atoms with van der Waals surface area (Å²) in [6.07, 6.45) is 1.59. The van der Waals surface area contributed by atoms with Crippen LogP contribution in [0.25, 0.3) is 11.3 Å². The van der Waals surface area contributed by atoms with Crippen LogP contribution in [0.5, 0.6) is 5.75 Å². The summed E-state index contributed by atoms with van der Waals surface area (Å²) in [7, 11) is 1.54. The number of rotatable bonds is 5. The smallest absolute Gasteiger partial charge is 0.362 e. The minimum absolute atomic E-state index is 0.139. The lowest BCUT2D eigenvalue weighted by Gasteiger charge is -2.08. The van der Waals surface area contributed by atoms with Gasteiger partial charge in [0.2, 0.25) is 15.8 Å². The number of nitrogens with zero attached hydrogens (tertiary/aromatic N) is 7. The zero-order valence-electron chi connectivity index (χ0n) is 13.4. The second-order valence-electron chi connectivity index (χ2n) is 5.07. The first-order valence-corrected chi connectivity index (χ1v) is 8.22. The van der Waals surface area contributed by atoms with E-state index >= 15 is 0 Å². The third-order valence-electron chi connectivity index (χ3n) is 3.59. The standard InChI is InChI=1S/C15H11N7O3S/c1-25-11-7-3-2-6-10(11)21-15(17-18-19-21)26-13-14(22(23)24)20-9-5-4-8-12(20)16-13/h2-9H,1H3. The highest BCUT2D eigenvalue weighted by Crippen LogP contribution is 2.35. The molecular formula is C15H11N7O3S. The Balaban J connectivity index is 1.81. The molecule has 3 aromatic heterocycles. The summed E-state index contributed by atoms with van der Waals surface area (Å²) in [5.74, 6) is 0.436. The fraction of sp³-hybridized carbons (Fsp3) is 0.0667. The van der Waals surface area contributed by atoms with Gasteiger partial charge < -0.3 is 14.9 Å². The number of hydrogen-bond donors (Lipinski definition) is 0. The normalized spacial score (nSPS) is 11.0. The number of aromatic nitrogens is 6. The van der Waals surface area contributed by atoms with Gasteiger partial charge in [0.15, 0.2) is 0 Å². The molecule has 0 spiro atoms. The Morgan fingerprint density at radius 2 is 2.00 bits per heavy atom. The summed E-state index contributed by atoms with van der Waals surface area (Å²) in [5.41, 5.74) is 1.09. The molecule has 4 rings (SSSR count). The maximum Gasteiger partial charge on any atom is 0.362 e. The highest BCUT2D eigenvalue weighted by atomic mass is 32.2. The van der Waals surface area contributed by atoms with Crippen LogP contribution in [0.2, 0.25) is 0 Å². The van der Waals surface area contributed by atoms with Crippen molar-refractivity contribution in [2.24, 2.45) is 0 Å². The van der Waals surface area contributed by atoms with E-state index in [0.29, 0.717) is 22.2 Å². The van der Waals surface area contributed by atoms with Crippen molar-refractivity contribution in [3.63, 3.8) is 0 Å². The van der Waals surface area contributed by atoms with Gasteiger partial charge in [0.1, 0.15) is 11.4 Å². The van der Waals surface area contributed by atoms with Gasteiger partial charge in [-0.05, 0) is 45.3 Å². The molecule has 0 saturated heterocycles. The molecule has 0 unspecified atom stereocenters. The number of benzene rings is 1. The van der Waals surface area contributed by atoms with Gasteiger partial charge >= 0.3 is 5.82 Å². The highest BCUT2D eigenvalue weighted by Gasteiger charge is 2.26. The van der Waals surface area contributed by atoms with Gasteiger partial charge in [0.25, 0.3) is 0 Å². The Morgan fingerprint density at radius 1 is 1.19 bits per heavy atom. The van der Waals surface area contributed by atoms with E-state index in [2.05, 4.69) is 20.5 Å². The molecule has 0 bridgehead atoms. The van der Waals surface area contributed by atoms with E-state index in [-0.39, 0.29) is 10.8 Å². The van der Waals surface area contributed by atoms with Gasteiger partial charge in [-0.25, -0.2) is 0 Å². The third-order valence-corrected chi connectivity index (χ3v) is 4.49. The van der Waals surface area contributed by atoms with E-state index in [1.54, 1.807) is 43.6 Å². The number of methoxy groups -OCH3 is 1. The Labute approximate surface area is 150 Å². The second kappa shape index (κ2) is 6.44. The SMILES string of the molecule is COc1ccccc1-n1nnnc1Sc1nc2ccccn2c1[N+](=O)[O-]. The number of imidazole rings is 1. The molecule has 130 valence electrons. The quantitative estimate of drug-likeness (QED) is 0.389. The number of nitro groups is 1. The van der Waals surface area contributed by atoms with Crippen LogP contribution in [0.15, 0.2) is 58.8 Å². The van der Waals surface area contributed by atoms with E-state index < -0.39 is 4.92 Å². The van der Waals surface area contributed by atoms with Crippen LogP contribution in [0.4, 0.5) is 5.82 Å². The summed E-state index contributed by atoms with van der Waals surface area (Å²) >= 11 is 1.01. The molecule has 0 aliphatic carbocycles. The average molecular weight is 369 g/mol. The van der Waals surface area contributed by atoms with Crippen LogP contribution in [-0.2, 0) is 0 Å². The van der Waals surface area contributed by atoms with Gasteiger partial charge in [-0.3, -0.25) is 0 Å². The minimum Gasteiger partial charge on any atom is -0.494 e. The van der Waals surface area contributed by atoms with Crippen LogP contribution in [0, 0.1) is 10.1 Å². The molecule has 3 heterocycles. The first-order valence-electron chi connectivity index (χ1n) is 7.40. The molecular weight excluding hydrogens is 358 g/mol. The number of para-hydroxylation sites is 2. The van der Waals surface area contributed by atoms with Crippen molar-refractivity contribution in [3.8, 4) is 11.4 Å². The molecule has 0 aliphatic rings. The molecule has 0 saturated carbocycles. The highest BCUT2D eigenvalue weighted by molar-refractivity contribution is 7.99. The van der Waals surface area contributed by atoms with Gasteiger partial charge in [-0.2, -0.15) is 14.1 Å². The molecule has 11 heteroatoms. The lowest BCUT2D eigenvalue weighted by atomic mass is 10.3. The summed E-state index contributed by atoms with van der Waals surface area (Å²) in [4.78, 5) is 15.4. The van der Waals surface area contributed by atoms with E-state index in [4.69, 9.17) is 4.74 Å². The minimum atomic E-state index is -0.473. The number of hydrogen-bond acceptors (Lipinski definition) is 8. The fourth-order valence-corrected chi connectivity index (χ4v) is 3.36. The molecule has 0 aliphatic heterocycles. The largest absolute Gasteiger partial charge is 0.494 e. The van der Waals surface area contributed by atoms with Gasteiger partial charge in [0, 0.05) is 6.07 Å². The lowest BCUT2D eigenvalue weighted by molar-refractivity contribution is -0.393. The van der Waals surface area contributed by atoms with Crippen LogP contribution in [-0.4, -0.2) is 41.6 Å². The number of fused-ring (bicyclic) bond motifs is 1. The average Bonchev–Trinajstić information content (AvgIpc) is 3.25. The van der Waals surface area contributed by atoms with Crippen molar-refractivity contribution in [2.45, 2.75) is 10.2 Å². The van der Waals surface area contributed by atoms with Crippen LogP contribution >= 0.6 is 11.8 Å². The molecule has 10 nitrogen and oxygen atoms in total. The van der Waals surface area contributed by atoms with Crippen molar-refractivity contribution in [3.05, 3.63) is 58.8 Å². The van der Waals surface area contributed by atoms with Gasteiger partial charge in [0.05, 0.1) is 13.3 Å². The molecule has 0 N–H and O–H groups in total. The molecule has 0 atom stereocenters. The molecule has 0 amide bonds. The number of tetrazole rings is 1. The second-order valence-corrected chi connectivity index (χ2v) is 6.03. The van der Waals surface area contributed by atoms with Crippen molar-refractivity contribution in [1.82, 2.24) is 29.6 Å². The predicted octanol–water partition coefficient (Wildman–Crippen LogP) is 2.38. The van der Waals surface area contributed by atoms with E-state index in [1.165, 1.54) is 9.08 Å². The first-order chi connectivity index (χ1) is 12.7. The fourth-order valence-electron chi connectivity index (χ4n) is 2.48. The third kappa shape index (κ3) is 2.63. The van der Waals surface area contributed by atoms with Crippen LogP contribution < -0.4 is 4.74 Å². The number of ether oxygens (including phenoxy) is 1. The monoisotopic (exact) mass is 369 g/mol. The molecule has 1 aromatic carbocycles. The van der Waals surface area contributed by atoms with Crippen LogP contribution in [0.1, 0.15) is 0 Å². The topological polar surface area (TPSA) is 113 Å². The molecule has 26 heavy (non-hydrogen) atoms. The Hall–Kier alpha value is -3.47. The summed E-state index contributed by atoms with van der Waals surface area (Å²) < 4.78 is 8.20. The predicted molar refractivity (Wildman–Crippen MR) is 91.7 cm³/mol. The maximum absolute atomic E-state index is 11.5. The van der Waals surface area contributed by atoms with E-state index in [1.807, 2.05) is 12.1 Å². The molecule has 0 radical (unpaired) electrons. The van der Waals surface area contributed by atoms with Gasteiger partial charge in [-0.1, -0.05) is 18.2 Å². The Bertz CT molecular complexity index is 1110. The van der Waals surface area contributed by atoms with Crippen molar-refractivity contribution < 1.29 is 9.66 Å². The van der Waals surface area contributed by atoms with Crippen molar-refractivity contribution >= 4 is 23.2 Å². The van der Waals surface area contributed by atoms with Crippen molar-refractivity contribution in [2.75, 3.05) is 7.11 Å². The summed E-state index contributed by atoms with van der Waals surface area (Å²) in [6.45, 7) is 0. The Morgan fingerprint density at radius 3 is 2.81 bits per heavy atom. The lowest BCUT2D eigenvalue weighted by Crippen LogP contribution is -2.02. The summed E-state index contributed by atoms with van der Waals surface area (Å²) in [6, 6.07) is 12.4.